The molecule has 0 saturated heterocycles. The Morgan fingerprint density at radius 2 is 2.12 bits per heavy atom. The van der Waals surface area contributed by atoms with Crippen LogP contribution in [0.4, 0.5) is 0 Å². The zero-order chi connectivity index (χ0) is 12.1. The molecule has 0 amide bonds. The second kappa shape index (κ2) is 5.53. The van der Waals surface area contributed by atoms with Crippen LogP contribution in [0.25, 0.3) is 0 Å². The fourth-order valence-corrected chi connectivity index (χ4v) is 1.95. The first-order valence-electron chi connectivity index (χ1n) is 5.37. The highest BCUT2D eigenvalue weighted by molar-refractivity contribution is 5.44. The topological polar surface area (TPSA) is 59.0 Å². The summed E-state index contributed by atoms with van der Waals surface area (Å²) < 4.78 is 5.35. The van der Waals surface area contributed by atoms with E-state index in [-0.39, 0.29) is 6.04 Å². The van der Waals surface area contributed by atoms with Crippen LogP contribution in [0, 0.1) is 25.2 Å². The summed E-state index contributed by atoms with van der Waals surface area (Å²) in [4.78, 5) is 0. The molecule has 0 saturated carbocycles. The first-order chi connectivity index (χ1) is 7.60. The second-order valence-corrected chi connectivity index (χ2v) is 4.00. The lowest BCUT2D eigenvalue weighted by atomic mass is 9.95. The normalized spacial score (nSPS) is 11.9. The number of ether oxygens (including phenoxy) is 1. The predicted molar refractivity (Wildman–Crippen MR) is 64.2 cm³/mol. The number of rotatable bonds is 4. The van der Waals surface area contributed by atoms with Gasteiger partial charge in [0.25, 0.3) is 0 Å². The summed E-state index contributed by atoms with van der Waals surface area (Å²) in [6.07, 6.45) is 1.13. The molecular weight excluding hydrogens is 200 g/mol. The monoisotopic (exact) mass is 218 g/mol. The number of nitrogens with zero attached hydrogens (tertiary/aromatic N) is 1. The Balaban J connectivity index is 3.06. The van der Waals surface area contributed by atoms with Crippen molar-refractivity contribution < 1.29 is 4.74 Å². The van der Waals surface area contributed by atoms with Gasteiger partial charge in [-0.25, -0.2) is 0 Å². The number of benzene rings is 1. The fourth-order valence-electron chi connectivity index (χ4n) is 1.95. The van der Waals surface area contributed by atoms with Crippen LogP contribution in [0.5, 0.6) is 5.75 Å². The molecule has 0 aliphatic rings. The van der Waals surface area contributed by atoms with Crippen molar-refractivity contribution in [1.82, 2.24) is 0 Å². The van der Waals surface area contributed by atoms with E-state index in [1.165, 1.54) is 0 Å². The Labute approximate surface area is 96.8 Å². The van der Waals surface area contributed by atoms with E-state index in [0.717, 1.165) is 22.4 Å². The van der Waals surface area contributed by atoms with Crippen molar-refractivity contribution in [3.63, 3.8) is 0 Å². The maximum atomic E-state index is 8.57. The van der Waals surface area contributed by atoms with Crippen LogP contribution in [0.15, 0.2) is 12.1 Å². The lowest BCUT2D eigenvalue weighted by molar-refractivity contribution is 0.403. The van der Waals surface area contributed by atoms with Gasteiger partial charge in [-0.3, -0.25) is 0 Å². The minimum Gasteiger partial charge on any atom is -0.496 e. The van der Waals surface area contributed by atoms with Gasteiger partial charge in [0.2, 0.25) is 0 Å². The van der Waals surface area contributed by atoms with E-state index < -0.39 is 0 Å². The number of hydrogen-bond acceptors (Lipinski definition) is 3. The number of aryl methyl sites for hydroxylation is 2. The lowest BCUT2D eigenvalue weighted by Crippen LogP contribution is -2.13. The molecule has 0 aliphatic carbocycles. The van der Waals surface area contributed by atoms with Gasteiger partial charge in [-0.1, -0.05) is 6.07 Å². The van der Waals surface area contributed by atoms with Gasteiger partial charge >= 0.3 is 0 Å². The Morgan fingerprint density at radius 1 is 1.44 bits per heavy atom. The minimum absolute atomic E-state index is 0.129. The summed E-state index contributed by atoms with van der Waals surface area (Å²) >= 11 is 0. The third kappa shape index (κ3) is 2.74. The molecule has 1 rings (SSSR count). The highest BCUT2D eigenvalue weighted by Gasteiger charge is 2.14. The quantitative estimate of drug-likeness (QED) is 0.845. The lowest BCUT2D eigenvalue weighted by Gasteiger charge is -2.18. The van der Waals surface area contributed by atoms with Crippen molar-refractivity contribution in [3.8, 4) is 11.8 Å². The molecule has 3 heteroatoms. The average molecular weight is 218 g/mol. The molecule has 0 radical (unpaired) electrons. The summed E-state index contributed by atoms with van der Waals surface area (Å²) in [6.45, 7) is 4.05. The summed E-state index contributed by atoms with van der Waals surface area (Å²) in [5, 5.41) is 8.57. The minimum atomic E-state index is -0.129. The van der Waals surface area contributed by atoms with Gasteiger partial charge in [-0.05, 0) is 37.5 Å². The molecule has 0 aromatic heterocycles. The number of methoxy groups -OCH3 is 1. The highest BCUT2D eigenvalue weighted by Crippen LogP contribution is 2.30. The molecule has 1 atom stereocenters. The van der Waals surface area contributed by atoms with Crippen LogP contribution in [-0.4, -0.2) is 7.11 Å². The summed E-state index contributed by atoms with van der Waals surface area (Å²) in [6, 6.07) is 6.05. The molecule has 1 aromatic rings. The summed E-state index contributed by atoms with van der Waals surface area (Å²) in [5.74, 6) is 0.822. The molecule has 0 fully saturated rings. The van der Waals surface area contributed by atoms with Crippen LogP contribution in [0.3, 0.4) is 0 Å². The summed E-state index contributed by atoms with van der Waals surface area (Å²) in [5.41, 5.74) is 9.38. The van der Waals surface area contributed by atoms with Crippen LogP contribution < -0.4 is 10.5 Å². The van der Waals surface area contributed by atoms with E-state index >= 15 is 0 Å². The molecule has 1 aromatic carbocycles. The van der Waals surface area contributed by atoms with Gasteiger partial charge in [0.1, 0.15) is 5.75 Å². The average Bonchev–Trinajstić information content (AvgIpc) is 2.24. The fraction of sp³-hybridized carbons (Fsp3) is 0.462. The van der Waals surface area contributed by atoms with Crippen molar-refractivity contribution in [2.45, 2.75) is 32.7 Å². The molecule has 3 nitrogen and oxygen atoms in total. The Kier molecular flexibility index (Phi) is 4.33. The van der Waals surface area contributed by atoms with Crippen molar-refractivity contribution in [2.75, 3.05) is 7.11 Å². The van der Waals surface area contributed by atoms with Gasteiger partial charge < -0.3 is 10.5 Å². The molecule has 16 heavy (non-hydrogen) atoms. The van der Waals surface area contributed by atoms with Crippen LogP contribution in [-0.2, 0) is 0 Å². The van der Waals surface area contributed by atoms with Gasteiger partial charge in [-0.15, -0.1) is 0 Å². The van der Waals surface area contributed by atoms with E-state index in [4.69, 9.17) is 15.7 Å². The Hall–Kier alpha value is -1.53. The van der Waals surface area contributed by atoms with Crippen molar-refractivity contribution in [3.05, 3.63) is 28.8 Å². The molecule has 0 heterocycles. The Bertz CT molecular complexity index is 407. The van der Waals surface area contributed by atoms with Crippen molar-refractivity contribution in [1.29, 1.82) is 5.26 Å². The molecule has 0 bridgehead atoms. The van der Waals surface area contributed by atoms with E-state index in [1.807, 2.05) is 19.9 Å². The standard InChI is InChI=1S/C13H18N2O/c1-9-7-10(2)13(12(8-9)16-3)11(15)5-4-6-14/h7-8,11H,4-5,15H2,1-3H3. The largest absolute Gasteiger partial charge is 0.496 e. The van der Waals surface area contributed by atoms with Gasteiger partial charge in [-0.2, -0.15) is 5.26 Å². The second-order valence-electron chi connectivity index (χ2n) is 4.00. The first-order valence-corrected chi connectivity index (χ1v) is 5.37. The third-order valence-corrected chi connectivity index (χ3v) is 2.65. The molecule has 86 valence electrons. The smallest absolute Gasteiger partial charge is 0.124 e. The molecular formula is C13H18N2O. The third-order valence-electron chi connectivity index (χ3n) is 2.65. The van der Waals surface area contributed by atoms with E-state index in [2.05, 4.69) is 12.1 Å². The van der Waals surface area contributed by atoms with Gasteiger partial charge in [0.05, 0.1) is 13.2 Å². The summed E-state index contributed by atoms with van der Waals surface area (Å²) in [7, 11) is 1.65. The van der Waals surface area contributed by atoms with Crippen LogP contribution in [0.2, 0.25) is 0 Å². The number of nitrogens with two attached hydrogens (primary N) is 1. The molecule has 0 spiro atoms. The SMILES string of the molecule is COc1cc(C)cc(C)c1C(N)CCC#N. The number of nitriles is 1. The van der Waals surface area contributed by atoms with Gasteiger partial charge in [0.15, 0.2) is 0 Å². The molecule has 2 N–H and O–H groups in total. The highest BCUT2D eigenvalue weighted by atomic mass is 16.5. The van der Waals surface area contributed by atoms with E-state index in [0.29, 0.717) is 12.8 Å². The van der Waals surface area contributed by atoms with Crippen LogP contribution in [0.1, 0.15) is 35.6 Å². The van der Waals surface area contributed by atoms with Crippen molar-refractivity contribution >= 4 is 0 Å². The van der Waals surface area contributed by atoms with Crippen LogP contribution >= 0.6 is 0 Å². The maximum absolute atomic E-state index is 8.57. The van der Waals surface area contributed by atoms with Gasteiger partial charge in [0, 0.05) is 18.0 Å². The first kappa shape index (κ1) is 12.5. The zero-order valence-electron chi connectivity index (χ0n) is 10.1. The predicted octanol–water partition coefficient (Wildman–Crippen LogP) is 2.62. The van der Waals surface area contributed by atoms with E-state index in [1.54, 1.807) is 7.11 Å². The Morgan fingerprint density at radius 3 is 2.69 bits per heavy atom. The number of hydrogen-bond donors (Lipinski definition) is 1. The molecule has 1 unspecified atom stereocenters. The van der Waals surface area contributed by atoms with E-state index in [9.17, 15) is 0 Å². The maximum Gasteiger partial charge on any atom is 0.124 e. The molecule has 0 aliphatic heterocycles. The van der Waals surface area contributed by atoms with Crippen molar-refractivity contribution in [2.24, 2.45) is 5.73 Å². The zero-order valence-corrected chi connectivity index (χ0v) is 10.1.